The second-order valence-corrected chi connectivity index (χ2v) is 4.54. The van der Waals surface area contributed by atoms with E-state index in [9.17, 15) is 4.79 Å². The van der Waals surface area contributed by atoms with Crippen LogP contribution < -0.4 is 4.74 Å². The summed E-state index contributed by atoms with van der Waals surface area (Å²) in [7, 11) is 0. The number of hydrogen-bond donors (Lipinski definition) is 0. The number of hydrogen-bond acceptors (Lipinski definition) is 6. The fourth-order valence-electron chi connectivity index (χ4n) is 1.31. The number of rotatable bonds is 4. The topological polar surface area (TPSA) is 61.3 Å². The molecule has 0 aromatic carbocycles. The molecule has 0 saturated heterocycles. The molecule has 0 aliphatic carbocycles. The number of nitrogens with zero attached hydrogens (tertiary/aromatic N) is 2. The Kier molecular flexibility index (Phi) is 3.53. The van der Waals surface area contributed by atoms with E-state index in [1.54, 1.807) is 13.8 Å². The lowest BCUT2D eigenvalue weighted by Gasteiger charge is -2.08. The maximum atomic E-state index is 11.3. The summed E-state index contributed by atoms with van der Waals surface area (Å²) in [5, 5.41) is 2.72. The van der Waals surface area contributed by atoms with Crippen molar-refractivity contribution in [1.82, 2.24) is 9.97 Å². The molecule has 0 unspecified atom stereocenters. The molecular formula is C11H12N2O3S. The van der Waals surface area contributed by atoms with Crippen LogP contribution >= 0.6 is 11.3 Å². The van der Waals surface area contributed by atoms with Crippen molar-refractivity contribution < 1.29 is 14.3 Å². The maximum Gasteiger partial charge on any atom is 0.344 e. The number of carbonyl (C=O) groups excluding carboxylic acids is 1. The van der Waals surface area contributed by atoms with Crippen LogP contribution in [-0.2, 0) is 9.53 Å². The van der Waals surface area contributed by atoms with Crippen molar-refractivity contribution in [3.05, 3.63) is 17.8 Å². The fourth-order valence-corrected chi connectivity index (χ4v) is 2.03. The van der Waals surface area contributed by atoms with E-state index in [1.807, 2.05) is 11.4 Å². The molecule has 2 aromatic heterocycles. The van der Waals surface area contributed by atoms with Crippen molar-refractivity contribution in [2.75, 3.05) is 6.61 Å². The first-order valence-corrected chi connectivity index (χ1v) is 6.05. The van der Waals surface area contributed by atoms with Crippen molar-refractivity contribution >= 4 is 27.5 Å². The van der Waals surface area contributed by atoms with Crippen LogP contribution in [0, 0.1) is 0 Å². The first-order valence-electron chi connectivity index (χ1n) is 5.17. The zero-order valence-electron chi connectivity index (χ0n) is 9.54. The Morgan fingerprint density at radius 1 is 1.47 bits per heavy atom. The zero-order valence-corrected chi connectivity index (χ0v) is 10.4. The predicted molar refractivity (Wildman–Crippen MR) is 64.1 cm³/mol. The van der Waals surface area contributed by atoms with Crippen LogP contribution in [0.15, 0.2) is 17.8 Å². The van der Waals surface area contributed by atoms with Gasteiger partial charge >= 0.3 is 5.97 Å². The van der Waals surface area contributed by atoms with Crippen LogP contribution in [0.4, 0.5) is 0 Å². The van der Waals surface area contributed by atoms with Gasteiger partial charge < -0.3 is 9.47 Å². The highest BCUT2D eigenvalue weighted by Gasteiger charge is 2.10. The summed E-state index contributed by atoms with van der Waals surface area (Å²) in [6, 6.07) is 1.86. The lowest BCUT2D eigenvalue weighted by Crippen LogP contribution is -2.19. The van der Waals surface area contributed by atoms with Gasteiger partial charge in [-0.3, -0.25) is 0 Å². The van der Waals surface area contributed by atoms with E-state index in [4.69, 9.17) is 9.47 Å². The molecule has 5 nitrogen and oxygen atoms in total. The van der Waals surface area contributed by atoms with Gasteiger partial charge in [-0.05, 0) is 25.3 Å². The van der Waals surface area contributed by atoms with Crippen molar-refractivity contribution in [2.45, 2.75) is 20.0 Å². The summed E-state index contributed by atoms with van der Waals surface area (Å²) in [4.78, 5) is 20.2. The Balaban J connectivity index is 2.04. The molecule has 0 saturated carbocycles. The number of fused-ring (bicyclic) bond motifs is 1. The highest BCUT2D eigenvalue weighted by Crippen LogP contribution is 2.25. The smallest absolute Gasteiger partial charge is 0.344 e. The van der Waals surface area contributed by atoms with Crippen LogP contribution in [0.5, 0.6) is 5.88 Å². The Bertz CT molecular complexity index is 524. The van der Waals surface area contributed by atoms with E-state index in [1.165, 1.54) is 17.7 Å². The molecule has 0 aliphatic heterocycles. The van der Waals surface area contributed by atoms with Crippen LogP contribution in [0.1, 0.15) is 13.8 Å². The average Bonchev–Trinajstić information content (AvgIpc) is 2.73. The van der Waals surface area contributed by atoms with Crippen molar-refractivity contribution in [3.63, 3.8) is 0 Å². The Morgan fingerprint density at radius 3 is 3.06 bits per heavy atom. The summed E-state index contributed by atoms with van der Waals surface area (Å²) in [5.41, 5.74) is 0. The lowest BCUT2D eigenvalue weighted by atomic mass is 10.4. The van der Waals surface area contributed by atoms with Gasteiger partial charge in [0.1, 0.15) is 11.2 Å². The number of ether oxygens (including phenoxy) is 2. The quantitative estimate of drug-likeness (QED) is 0.779. The normalized spacial score (nSPS) is 10.8. The van der Waals surface area contributed by atoms with Gasteiger partial charge in [-0.15, -0.1) is 11.3 Å². The highest BCUT2D eigenvalue weighted by molar-refractivity contribution is 7.16. The molecule has 2 heterocycles. The van der Waals surface area contributed by atoms with Gasteiger partial charge in [0.15, 0.2) is 6.61 Å². The summed E-state index contributed by atoms with van der Waals surface area (Å²) >= 11 is 1.50. The van der Waals surface area contributed by atoms with Gasteiger partial charge in [0, 0.05) is 0 Å². The molecule has 0 fully saturated rings. The molecule has 2 rings (SSSR count). The van der Waals surface area contributed by atoms with E-state index in [-0.39, 0.29) is 12.7 Å². The SMILES string of the molecule is CC(C)OC(=O)COc1ncnc2sccc12. The molecule has 6 heteroatoms. The summed E-state index contributed by atoms with van der Waals surface area (Å²) in [6.07, 6.45) is 1.28. The van der Waals surface area contributed by atoms with Gasteiger partial charge in [-0.1, -0.05) is 0 Å². The summed E-state index contributed by atoms with van der Waals surface area (Å²) in [6.45, 7) is 3.44. The van der Waals surface area contributed by atoms with E-state index in [2.05, 4.69) is 9.97 Å². The van der Waals surface area contributed by atoms with Crippen LogP contribution in [-0.4, -0.2) is 28.6 Å². The summed E-state index contributed by atoms with van der Waals surface area (Å²) in [5.74, 6) is 0.0129. The fraction of sp³-hybridized carbons (Fsp3) is 0.364. The van der Waals surface area contributed by atoms with E-state index < -0.39 is 5.97 Å². The molecule has 90 valence electrons. The Labute approximate surface area is 102 Å². The predicted octanol–water partition coefficient (Wildman–Crippen LogP) is 2.02. The van der Waals surface area contributed by atoms with Gasteiger partial charge in [0.05, 0.1) is 11.5 Å². The third-order valence-corrected chi connectivity index (χ3v) is 2.74. The molecule has 0 N–H and O–H groups in total. The maximum absolute atomic E-state index is 11.3. The Hall–Kier alpha value is -1.69. The van der Waals surface area contributed by atoms with E-state index in [0.29, 0.717) is 5.88 Å². The molecule has 0 aliphatic rings. The molecule has 0 bridgehead atoms. The molecule has 0 radical (unpaired) electrons. The van der Waals surface area contributed by atoms with Crippen molar-refractivity contribution in [2.24, 2.45) is 0 Å². The monoisotopic (exact) mass is 252 g/mol. The lowest BCUT2D eigenvalue weighted by molar-refractivity contribution is -0.149. The minimum atomic E-state index is -0.401. The molecule has 0 amide bonds. The third kappa shape index (κ3) is 2.91. The average molecular weight is 252 g/mol. The number of carbonyl (C=O) groups is 1. The van der Waals surface area contributed by atoms with Crippen LogP contribution in [0.3, 0.4) is 0 Å². The second-order valence-electron chi connectivity index (χ2n) is 3.65. The minimum absolute atomic E-state index is 0.139. The summed E-state index contributed by atoms with van der Waals surface area (Å²) < 4.78 is 10.3. The van der Waals surface area contributed by atoms with E-state index in [0.717, 1.165) is 10.2 Å². The van der Waals surface area contributed by atoms with Crippen LogP contribution in [0.2, 0.25) is 0 Å². The molecule has 0 atom stereocenters. The first kappa shape index (κ1) is 11.8. The molecule has 0 spiro atoms. The first-order chi connectivity index (χ1) is 8.16. The van der Waals surface area contributed by atoms with Gasteiger partial charge in [0.25, 0.3) is 0 Å². The van der Waals surface area contributed by atoms with Gasteiger partial charge in [0.2, 0.25) is 5.88 Å². The molecule has 17 heavy (non-hydrogen) atoms. The minimum Gasteiger partial charge on any atom is -0.465 e. The number of esters is 1. The Morgan fingerprint density at radius 2 is 2.29 bits per heavy atom. The van der Waals surface area contributed by atoms with E-state index >= 15 is 0 Å². The standard InChI is InChI=1S/C11H12N2O3S/c1-7(2)16-9(14)5-15-10-8-3-4-17-11(8)13-6-12-10/h3-4,6-7H,5H2,1-2H3. The van der Waals surface area contributed by atoms with Crippen LogP contribution in [0.25, 0.3) is 10.2 Å². The van der Waals surface area contributed by atoms with Gasteiger partial charge in [-0.25, -0.2) is 14.8 Å². The largest absolute Gasteiger partial charge is 0.465 e. The van der Waals surface area contributed by atoms with Crippen molar-refractivity contribution in [3.8, 4) is 5.88 Å². The number of thiophene rings is 1. The number of aromatic nitrogens is 2. The molecule has 2 aromatic rings. The second kappa shape index (κ2) is 5.09. The van der Waals surface area contributed by atoms with Crippen molar-refractivity contribution in [1.29, 1.82) is 0 Å². The molecular weight excluding hydrogens is 240 g/mol. The van der Waals surface area contributed by atoms with Gasteiger partial charge in [-0.2, -0.15) is 0 Å². The third-order valence-electron chi connectivity index (χ3n) is 1.92. The zero-order chi connectivity index (χ0) is 12.3. The highest BCUT2D eigenvalue weighted by atomic mass is 32.1.